The number of aryl methyl sites for hydroxylation is 1. The number of carbonyl (C=O) groups excluding carboxylic acids is 1. The highest BCUT2D eigenvalue weighted by Crippen LogP contribution is 2.08. The average molecular weight is 167 g/mol. The van der Waals surface area contributed by atoms with Crippen LogP contribution in [0.25, 0.3) is 0 Å². The molecule has 0 N–H and O–H groups in total. The molecule has 3 heteroatoms. The zero-order chi connectivity index (χ0) is 9.14. The predicted molar refractivity (Wildman–Crippen MR) is 46.1 cm³/mol. The van der Waals surface area contributed by atoms with Gasteiger partial charge in [-0.05, 0) is 19.9 Å². The van der Waals surface area contributed by atoms with Gasteiger partial charge in [-0.1, -0.05) is 0 Å². The van der Waals surface area contributed by atoms with E-state index < -0.39 is 0 Å². The van der Waals surface area contributed by atoms with Crippen LogP contribution < -0.4 is 0 Å². The molecule has 0 aliphatic rings. The average Bonchev–Trinajstić information content (AvgIpc) is 2.49. The molecule has 66 valence electrons. The number of hydrogen-bond donors (Lipinski definition) is 0. The van der Waals surface area contributed by atoms with E-state index in [1.807, 2.05) is 13.8 Å². The third-order valence-electron chi connectivity index (χ3n) is 1.80. The minimum atomic E-state index is 0.00866. The molecule has 1 aromatic rings. The molecule has 0 saturated carbocycles. The summed E-state index contributed by atoms with van der Waals surface area (Å²) >= 11 is 0. The third-order valence-corrected chi connectivity index (χ3v) is 1.80. The van der Waals surface area contributed by atoms with Crippen molar-refractivity contribution in [3.8, 4) is 0 Å². The molecule has 1 aromatic heterocycles. The van der Waals surface area contributed by atoms with Crippen LogP contribution in [0.2, 0.25) is 0 Å². The number of carbonyl (C=O) groups is 1. The number of furan rings is 1. The van der Waals surface area contributed by atoms with Crippen molar-refractivity contribution < 1.29 is 9.21 Å². The van der Waals surface area contributed by atoms with Crippen LogP contribution in [0.4, 0.5) is 0 Å². The molecule has 3 nitrogen and oxygen atoms in total. The first kappa shape index (κ1) is 8.84. The number of nitrogens with zero attached hydrogens (tertiary/aromatic N) is 1. The fourth-order valence-electron chi connectivity index (χ4n) is 0.920. The lowest BCUT2D eigenvalue weighted by Gasteiger charge is -2.12. The summed E-state index contributed by atoms with van der Waals surface area (Å²) in [4.78, 5) is 13.1. The maximum atomic E-state index is 11.5. The summed E-state index contributed by atoms with van der Waals surface area (Å²) in [6, 6.07) is 1.74. The Morgan fingerprint density at radius 2 is 2.33 bits per heavy atom. The van der Waals surface area contributed by atoms with Crippen molar-refractivity contribution in [2.75, 3.05) is 13.6 Å². The molecule has 0 saturated heterocycles. The van der Waals surface area contributed by atoms with Gasteiger partial charge in [-0.15, -0.1) is 0 Å². The van der Waals surface area contributed by atoms with Gasteiger partial charge in [-0.25, -0.2) is 0 Å². The highest BCUT2D eigenvalue weighted by molar-refractivity contribution is 5.93. The summed E-state index contributed by atoms with van der Waals surface area (Å²) in [6.45, 7) is 4.47. The SMILES string of the molecule is CCN(C)C(=O)c1coc(C)c1. The quantitative estimate of drug-likeness (QED) is 0.671. The highest BCUT2D eigenvalue weighted by Gasteiger charge is 2.11. The second-order valence-corrected chi connectivity index (χ2v) is 2.77. The highest BCUT2D eigenvalue weighted by atomic mass is 16.3. The lowest BCUT2D eigenvalue weighted by Crippen LogP contribution is -2.25. The molecule has 0 atom stereocenters. The predicted octanol–water partition coefficient (Wildman–Crippen LogP) is 1.68. The summed E-state index contributed by atoms with van der Waals surface area (Å²) in [5, 5.41) is 0. The molecule has 0 aliphatic carbocycles. The number of rotatable bonds is 2. The Hall–Kier alpha value is -1.25. The number of amides is 1. The molecule has 12 heavy (non-hydrogen) atoms. The van der Waals surface area contributed by atoms with Gasteiger partial charge in [0.25, 0.3) is 5.91 Å². The molecular formula is C9H13NO2. The van der Waals surface area contributed by atoms with Crippen LogP contribution in [0.5, 0.6) is 0 Å². The van der Waals surface area contributed by atoms with Crippen molar-refractivity contribution in [3.05, 3.63) is 23.7 Å². The van der Waals surface area contributed by atoms with Gasteiger partial charge in [-0.3, -0.25) is 4.79 Å². The van der Waals surface area contributed by atoms with E-state index in [0.717, 1.165) is 5.76 Å². The summed E-state index contributed by atoms with van der Waals surface area (Å²) < 4.78 is 5.03. The second-order valence-electron chi connectivity index (χ2n) is 2.77. The first-order valence-corrected chi connectivity index (χ1v) is 3.95. The Balaban J connectivity index is 2.78. The van der Waals surface area contributed by atoms with Gasteiger partial charge < -0.3 is 9.32 Å². The monoisotopic (exact) mass is 167 g/mol. The van der Waals surface area contributed by atoms with Gasteiger partial charge in [0.05, 0.1) is 5.56 Å². The normalized spacial score (nSPS) is 9.92. The minimum absolute atomic E-state index is 0.00866. The molecular weight excluding hydrogens is 154 g/mol. The summed E-state index contributed by atoms with van der Waals surface area (Å²) in [7, 11) is 1.77. The zero-order valence-electron chi connectivity index (χ0n) is 7.63. The molecule has 0 radical (unpaired) electrons. The zero-order valence-corrected chi connectivity index (χ0v) is 7.63. The lowest BCUT2D eigenvalue weighted by atomic mass is 10.3. The number of hydrogen-bond acceptors (Lipinski definition) is 2. The van der Waals surface area contributed by atoms with Gasteiger partial charge in [-0.2, -0.15) is 0 Å². The van der Waals surface area contributed by atoms with Gasteiger partial charge in [0.2, 0.25) is 0 Å². The van der Waals surface area contributed by atoms with Gasteiger partial charge >= 0.3 is 0 Å². The van der Waals surface area contributed by atoms with Crippen molar-refractivity contribution in [1.82, 2.24) is 4.90 Å². The van der Waals surface area contributed by atoms with E-state index in [4.69, 9.17) is 4.42 Å². The molecule has 0 aliphatic heterocycles. The maximum Gasteiger partial charge on any atom is 0.256 e. The van der Waals surface area contributed by atoms with Crippen LogP contribution >= 0.6 is 0 Å². The molecule has 1 heterocycles. The van der Waals surface area contributed by atoms with E-state index in [-0.39, 0.29) is 5.91 Å². The Bertz CT molecular complexity index is 278. The Kier molecular flexibility index (Phi) is 2.53. The van der Waals surface area contributed by atoms with Crippen molar-refractivity contribution in [2.45, 2.75) is 13.8 Å². The minimum Gasteiger partial charge on any atom is -0.469 e. The fourth-order valence-corrected chi connectivity index (χ4v) is 0.920. The largest absolute Gasteiger partial charge is 0.469 e. The van der Waals surface area contributed by atoms with Gasteiger partial charge in [0, 0.05) is 13.6 Å². The van der Waals surface area contributed by atoms with Crippen molar-refractivity contribution in [3.63, 3.8) is 0 Å². The van der Waals surface area contributed by atoms with Crippen LogP contribution in [-0.4, -0.2) is 24.4 Å². The van der Waals surface area contributed by atoms with E-state index in [2.05, 4.69) is 0 Å². The Morgan fingerprint density at radius 3 is 2.75 bits per heavy atom. The van der Waals surface area contributed by atoms with Crippen molar-refractivity contribution in [1.29, 1.82) is 0 Å². The van der Waals surface area contributed by atoms with Crippen molar-refractivity contribution >= 4 is 5.91 Å². The smallest absolute Gasteiger partial charge is 0.256 e. The molecule has 0 fully saturated rings. The van der Waals surface area contributed by atoms with Crippen LogP contribution in [0.15, 0.2) is 16.7 Å². The van der Waals surface area contributed by atoms with E-state index in [0.29, 0.717) is 12.1 Å². The second kappa shape index (κ2) is 3.43. The first-order valence-electron chi connectivity index (χ1n) is 3.95. The van der Waals surface area contributed by atoms with E-state index >= 15 is 0 Å². The fraction of sp³-hybridized carbons (Fsp3) is 0.444. The lowest BCUT2D eigenvalue weighted by molar-refractivity contribution is 0.0801. The van der Waals surface area contributed by atoms with E-state index in [1.165, 1.54) is 6.26 Å². The molecule has 0 bridgehead atoms. The third kappa shape index (κ3) is 1.67. The summed E-state index contributed by atoms with van der Waals surface area (Å²) in [5.41, 5.74) is 0.622. The summed E-state index contributed by atoms with van der Waals surface area (Å²) in [5.74, 6) is 0.775. The maximum absolute atomic E-state index is 11.5. The first-order chi connectivity index (χ1) is 5.65. The van der Waals surface area contributed by atoms with Crippen LogP contribution in [0.3, 0.4) is 0 Å². The van der Waals surface area contributed by atoms with Gasteiger partial charge in [0.15, 0.2) is 0 Å². The van der Waals surface area contributed by atoms with Crippen LogP contribution in [-0.2, 0) is 0 Å². The standard InChI is InChI=1S/C9H13NO2/c1-4-10(3)9(11)8-5-7(2)12-6-8/h5-6H,4H2,1-3H3. The Morgan fingerprint density at radius 1 is 1.67 bits per heavy atom. The topological polar surface area (TPSA) is 33.5 Å². The van der Waals surface area contributed by atoms with E-state index in [9.17, 15) is 4.79 Å². The Labute approximate surface area is 72.0 Å². The van der Waals surface area contributed by atoms with Crippen LogP contribution in [0.1, 0.15) is 23.0 Å². The molecule has 1 rings (SSSR count). The van der Waals surface area contributed by atoms with Crippen molar-refractivity contribution in [2.24, 2.45) is 0 Å². The van der Waals surface area contributed by atoms with Gasteiger partial charge in [0.1, 0.15) is 12.0 Å². The molecule has 1 amide bonds. The molecule has 0 aromatic carbocycles. The van der Waals surface area contributed by atoms with Crippen LogP contribution in [0, 0.1) is 6.92 Å². The summed E-state index contributed by atoms with van der Waals surface area (Å²) in [6.07, 6.45) is 1.49. The molecule has 0 unspecified atom stereocenters. The molecule has 0 spiro atoms. The van der Waals surface area contributed by atoms with E-state index in [1.54, 1.807) is 18.0 Å².